The van der Waals surface area contributed by atoms with Crippen molar-refractivity contribution in [3.8, 4) is 0 Å². The Hall–Kier alpha value is -2.06. The molecule has 0 saturated carbocycles. The number of hydrogen-bond acceptors (Lipinski definition) is 3. The van der Waals surface area contributed by atoms with Crippen LogP contribution in [0.5, 0.6) is 0 Å². The van der Waals surface area contributed by atoms with Crippen LogP contribution < -0.4 is 0 Å². The maximum absolute atomic E-state index is 13.0. The molecule has 1 N–H and O–H groups in total. The molecule has 1 saturated heterocycles. The summed E-state index contributed by atoms with van der Waals surface area (Å²) in [5.41, 5.74) is 0.171. The van der Waals surface area contributed by atoms with Crippen molar-refractivity contribution in [2.75, 3.05) is 13.1 Å². The van der Waals surface area contributed by atoms with Crippen molar-refractivity contribution in [3.63, 3.8) is 0 Å². The Morgan fingerprint density at radius 2 is 1.85 bits per heavy atom. The summed E-state index contributed by atoms with van der Waals surface area (Å²) in [5.74, 6) is -2.04. The van der Waals surface area contributed by atoms with Crippen molar-refractivity contribution < 1.29 is 27.9 Å². The third-order valence-corrected chi connectivity index (χ3v) is 5.71. The molecule has 2 heterocycles. The van der Waals surface area contributed by atoms with Crippen LogP contribution in [0.1, 0.15) is 50.1 Å². The van der Waals surface area contributed by atoms with E-state index in [1.165, 1.54) is 11.8 Å². The fourth-order valence-electron chi connectivity index (χ4n) is 3.97. The summed E-state index contributed by atoms with van der Waals surface area (Å²) < 4.78 is 39.0. The molecule has 152 valence electrons. The third-order valence-electron chi connectivity index (χ3n) is 5.71. The lowest BCUT2D eigenvalue weighted by molar-refractivity contribution is -0.151. The molecule has 0 radical (unpaired) electrons. The normalized spacial score (nSPS) is 21.7. The molecule has 1 fully saturated rings. The van der Waals surface area contributed by atoms with Crippen LogP contribution >= 0.6 is 0 Å². The van der Waals surface area contributed by atoms with E-state index in [0.29, 0.717) is 29.9 Å². The van der Waals surface area contributed by atoms with Crippen LogP contribution in [0.4, 0.5) is 13.2 Å². The van der Waals surface area contributed by atoms with Gasteiger partial charge in [-0.2, -0.15) is 18.3 Å². The van der Waals surface area contributed by atoms with E-state index >= 15 is 0 Å². The van der Waals surface area contributed by atoms with Gasteiger partial charge in [0.25, 0.3) is 0 Å². The molecule has 2 atom stereocenters. The van der Waals surface area contributed by atoms with Crippen LogP contribution in [-0.4, -0.2) is 50.9 Å². The molecule has 0 spiro atoms. The molecule has 0 aliphatic carbocycles. The van der Waals surface area contributed by atoms with Gasteiger partial charge in [0, 0.05) is 24.3 Å². The Labute approximate surface area is 156 Å². The van der Waals surface area contributed by atoms with Crippen molar-refractivity contribution in [1.29, 1.82) is 0 Å². The first-order valence-electron chi connectivity index (χ1n) is 8.93. The second-order valence-corrected chi connectivity index (χ2v) is 7.70. The van der Waals surface area contributed by atoms with Crippen LogP contribution in [0.3, 0.4) is 0 Å². The van der Waals surface area contributed by atoms with Crippen LogP contribution in [-0.2, 0) is 16.1 Å². The lowest BCUT2D eigenvalue weighted by Crippen LogP contribution is -2.41. The summed E-state index contributed by atoms with van der Waals surface area (Å²) >= 11 is 0. The van der Waals surface area contributed by atoms with Gasteiger partial charge >= 0.3 is 12.1 Å². The van der Waals surface area contributed by atoms with Crippen LogP contribution in [0.15, 0.2) is 0 Å². The van der Waals surface area contributed by atoms with E-state index < -0.39 is 30.0 Å². The SMILES string of the molecule is Cc1nn(CC(F)(F)F)c(C)c1C(C)C(=O)N1CCC(C(=O)O)(C(C)C)C1. The van der Waals surface area contributed by atoms with Crippen molar-refractivity contribution in [2.45, 2.75) is 59.7 Å². The van der Waals surface area contributed by atoms with E-state index in [-0.39, 0.29) is 18.4 Å². The number of carbonyl (C=O) groups is 2. The first-order chi connectivity index (χ1) is 12.3. The van der Waals surface area contributed by atoms with Crippen molar-refractivity contribution in [3.05, 3.63) is 17.0 Å². The lowest BCUT2D eigenvalue weighted by Gasteiger charge is -2.29. The zero-order valence-electron chi connectivity index (χ0n) is 16.2. The van der Waals surface area contributed by atoms with Gasteiger partial charge in [0.1, 0.15) is 6.54 Å². The highest BCUT2D eigenvalue weighted by atomic mass is 19.4. The first-order valence-corrected chi connectivity index (χ1v) is 8.93. The largest absolute Gasteiger partial charge is 0.481 e. The maximum Gasteiger partial charge on any atom is 0.408 e. The number of hydrogen-bond donors (Lipinski definition) is 1. The number of carbonyl (C=O) groups excluding carboxylic acids is 1. The molecular weight excluding hydrogens is 363 g/mol. The van der Waals surface area contributed by atoms with E-state index in [0.717, 1.165) is 4.68 Å². The van der Waals surface area contributed by atoms with Crippen LogP contribution in [0.2, 0.25) is 0 Å². The number of carboxylic acid groups (broad SMARTS) is 1. The molecule has 9 heteroatoms. The zero-order chi connectivity index (χ0) is 20.7. The molecule has 2 unspecified atom stereocenters. The van der Waals surface area contributed by atoms with Gasteiger partial charge in [0.2, 0.25) is 5.91 Å². The number of halogens is 3. The molecule has 1 aromatic heterocycles. The number of amides is 1. The van der Waals surface area contributed by atoms with Gasteiger partial charge in [0.15, 0.2) is 0 Å². The van der Waals surface area contributed by atoms with Gasteiger partial charge in [-0.3, -0.25) is 14.3 Å². The minimum atomic E-state index is -4.40. The number of alkyl halides is 3. The van der Waals surface area contributed by atoms with Crippen molar-refractivity contribution in [1.82, 2.24) is 14.7 Å². The average Bonchev–Trinajstić information content (AvgIpc) is 3.08. The number of aliphatic carboxylic acids is 1. The fourth-order valence-corrected chi connectivity index (χ4v) is 3.97. The highest BCUT2D eigenvalue weighted by Crippen LogP contribution is 2.39. The maximum atomic E-state index is 13.0. The molecule has 1 aliphatic rings. The topological polar surface area (TPSA) is 75.4 Å². The standard InChI is InChI=1S/C18H26F3N3O3/c1-10(2)17(16(26)27)6-7-23(8-17)15(25)11(3)14-12(4)22-24(13(14)5)9-18(19,20)21/h10-11H,6-9H2,1-5H3,(H,26,27). The van der Waals surface area contributed by atoms with Gasteiger partial charge in [-0.05, 0) is 33.1 Å². The Morgan fingerprint density at radius 1 is 1.26 bits per heavy atom. The quantitative estimate of drug-likeness (QED) is 0.840. The highest BCUT2D eigenvalue weighted by molar-refractivity contribution is 5.86. The van der Waals surface area contributed by atoms with E-state index in [1.54, 1.807) is 13.8 Å². The number of carboxylic acids is 1. The molecule has 0 aromatic carbocycles. The summed E-state index contributed by atoms with van der Waals surface area (Å²) in [5, 5.41) is 13.6. The van der Waals surface area contributed by atoms with Crippen LogP contribution in [0, 0.1) is 25.2 Å². The third kappa shape index (κ3) is 3.96. The van der Waals surface area contributed by atoms with Gasteiger partial charge in [-0.25, -0.2) is 0 Å². The minimum absolute atomic E-state index is 0.109. The predicted octanol–water partition coefficient (Wildman–Crippen LogP) is 3.13. The fraction of sp³-hybridized carbons (Fsp3) is 0.722. The number of aromatic nitrogens is 2. The summed E-state index contributed by atoms with van der Waals surface area (Å²) in [4.78, 5) is 26.2. The van der Waals surface area contributed by atoms with Crippen molar-refractivity contribution in [2.24, 2.45) is 11.3 Å². The Bertz CT molecular complexity index is 742. The molecule has 1 amide bonds. The van der Waals surface area contributed by atoms with Gasteiger partial charge in [0.05, 0.1) is 17.0 Å². The number of aryl methyl sites for hydroxylation is 1. The summed E-state index contributed by atoms with van der Waals surface area (Å²) in [6.07, 6.45) is -4.04. The van der Waals surface area contributed by atoms with Crippen LogP contribution in [0.25, 0.3) is 0 Å². The smallest absolute Gasteiger partial charge is 0.408 e. The second-order valence-electron chi connectivity index (χ2n) is 7.70. The van der Waals surface area contributed by atoms with Crippen molar-refractivity contribution >= 4 is 11.9 Å². The molecule has 1 aromatic rings. The van der Waals surface area contributed by atoms with E-state index in [1.807, 2.05) is 13.8 Å². The van der Waals surface area contributed by atoms with E-state index in [2.05, 4.69) is 5.10 Å². The monoisotopic (exact) mass is 389 g/mol. The predicted molar refractivity (Wildman–Crippen MR) is 92.3 cm³/mol. The van der Waals surface area contributed by atoms with E-state index in [4.69, 9.17) is 0 Å². The summed E-state index contributed by atoms with van der Waals surface area (Å²) in [7, 11) is 0. The zero-order valence-corrected chi connectivity index (χ0v) is 16.2. The van der Waals surface area contributed by atoms with Gasteiger partial charge < -0.3 is 10.0 Å². The second kappa shape index (κ2) is 7.16. The van der Waals surface area contributed by atoms with Gasteiger partial charge in [-0.1, -0.05) is 13.8 Å². The highest BCUT2D eigenvalue weighted by Gasteiger charge is 2.49. The Balaban J connectivity index is 2.25. The molecule has 1 aliphatic heterocycles. The number of rotatable bonds is 5. The summed E-state index contributed by atoms with van der Waals surface area (Å²) in [6, 6.07) is 0. The Kier molecular flexibility index (Phi) is 5.64. The summed E-state index contributed by atoms with van der Waals surface area (Å²) in [6.45, 7) is 7.60. The van der Waals surface area contributed by atoms with E-state index in [9.17, 15) is 27.9 Å². The molecule has 0 bridgehead atoms. The lowest BCUT2D eigenvalue weighted by atomic mass is 9.76. The average molecular weight is 389 g/mol. The molecule has 6 nitrogen and oxygen atoms in total. The molecule has 2 rings (SSSR count). The van der Waals surface area contributed by atoms with Gasteiger partial charge in [-0.15, -0.1) is 0 Å². The Morgan fingerprint density at radius 3 is 2.30 bits per heavy atom. The first kappa shape index (κ1) is 21.2. The molecular formula is C18H26F3N3O3. The molecule has 27 heavy (non-hydrogen) atoms. The number of nitrogens with zero attached hydrogens (tertiary/aromatic N) is 3. The number of likely N-dealkylation sites (tertiary alicyclic amines) is 1. The minimum Gasteiger partial charge on any atom is -0.481 e.